The standard InChI is InChI=1S/C23H17N3O2/c27-26(28)20-14-11-17(12-15-20)13-16-21-24-22(18-7-3-1-4-8-18)23(25-21)19-9-5-2-6-10-19/h1-16H,(H,24,25)/b16-13+. The predicted octanol–water partition coefficient (Wildman–Crippen LogP) is 5.82. The van der Waals surface area contributed by atoms with Crippen molar-refractivity contribution in [1.82, 2.24) is 9.97 Å². The summed E-state index contributed by atoms with van der Waals surface area (Å²) in [6, 6.07) is 26.5. The smallest absolute Gasteiger partial charge is 0.269 e. The van der Waals surface area contributed by atoms with Crippen molar-refractivity contribution in [2.24, 2.45) is 0 Å². The van der Waals surface area contributed by atoms with Crippen molar-refractivity contribution < 1.29 is 4.92 Å². The molecule has 0 aliphatic carbocycles. The van der Waals surface area contributed by atoms with Crippen LogP contribution in [-0.2, 0) is 0 Å². The van der Waals surface area contributed by atoms with Crippen molar-refractivity contribution in [2.75, 3.05) is 0 Å². The molecule has 28 heavy (non-hydrogen) atoms. The summed E-state index contributed by atoms with van der Waals surface area (Å²) in [5.74, 6) is 0.719. The molecule has 0 bridgehead atoms. The average Bonchev–Trinajstić information content (AvgIpc) is 3.18. The summed E-state index contributed by atoms with van der Waals surface area (Å²) in [6.45, 7) is 0. The average molecular weight is 367 g/mol. The van der Waals surface area contributed by atoms with Crippen LogP contribution in [-0.4, -0.2) is 14.9 Å². The van der Waals surface area contributed by atoms with E-state index in [4.69, 9.17) is 4.98 Å². The van der Waals surface area contributed by atoms with Crippen molar-refractivity contribution in [2.45, 2.75) is 0 Å². The van der Waals surface area contributed by atoms with Gasteiger partial charge in [-0.05, 0) is 23.8 Å². The van der Waals surface area contributed by atoms with E-state index in [1.807, 2.05) is 72.8 Å². The lowest BCUT2D eigenvalue weighted by Gasteiger charge is -2.02. The number of hydrogen-bond donors (Lipinski definition) is 1. The van der Waals surface area contributed by atoms with Crippen molar-refractivity contribution in [3.8, 4) is 22.5 Å². The Kier molecular flexibility index (Phi) is 4.80. The molecule has 1 aromatic heterocycles. The third-order valence-corrected chi connectivity index (χ3v) is 4.37. The zero-order chi connectivity index (χ0) is 19.3. The van der Waals surface area contributed by atoms with Crippen molar-refractivity contribution in [1.29, 1.82) is 0 Å². The Morgan fingerprint density at radius 2 is 1.39 bits per heavy atom. The van der Waals surface area contributed by atoms with Crippen LogP contribution in [0.5, 0.6) is 0 Å². The fourth-order valence-corrected chi connectivity index (χ4v) is 2.97. The maximum atomic E-state index is 10.8. The predicted molar refractivity (Wildman–Crippen MR) is 111 cm³/mol. The molecule has 0 aliphatic heterocycles. The zero-order valence-corrected chi connectivity index (χ0v) is 14.9. The molecule has 0 saturated heterocycles. The molecule has 0 saturated carbocycles. The van der Waals surface area contributed by atoms with E-state index >= 15 is 0 Å². The van der Waals surface area contributed by atoms with Crippen LogP contribution in [0.4, 0.5) is 5.69 Å². The quantitative estimate of drug-likeness (QED) is 0.357. The van der Waals surface area contributed by atoms with Gasteiger partial charge in [0.2, 0.25) is 0 Å². The van der Waals surface area contributed by atoms with Gasteiger partial charge in [0, 0.05) is 23.3 Å². The fourth-order valence-electron chi connectivity index (χ4n) is 2.97. The highest BCUT2D eigenvalue weighted by Crippen LogP contribution is 2.30. The fraction of sp³-hybridized carbons (Fsp3) is 0. The van der Waals surface area contributed by atoms with Crippen LogP contribution in [0.15, 0.2) is 84.9 Å². The molecule has 5 nitrogen and oxygen atoms in total. The molecule has 0 spiro atoms. The highest BCUT2D eigenvalue weighted by atomic mass is 16.6. The number of aromatic nitrogens is 2. The number of nitrogens with one attached hydrogen (secondary N) is 1. The first-order valence-electron chi connectivity index (χ1n) is 8.84. The van der Waals surface area contributed by atoms with Crippen LogP contribution in [0, 0.1) is 10.1 Å². The van der Waals surface area contributed by atoms with Gasteiger partial charge in [-0.1, -0.05) is 66.7 Å². The molecule has 0 amide bonds. The lowest BCUT2D eigenvalue weighted by Crippen LogP contribution is -1.86. The molecule has 3 aromatic carbocycles. The summed E-state index contributed by atoms with van der Waals surface area (Å²) < 4.78 is 0. The Bertz CT molecular complexity index is 1060. The minimum Gasteiger partial charge on any atom is -0.338 e. The number of aromatic amines is 1. The van der Waals surface area contributed by atoms with Gasteiger partial charge in [0.25, 0.3) is 5.69 Å². The Balaban J connectivity index is 1.70. The summed E-state index contributed by atoms with van der Waals surface area (Å²) >= 11 is 0. The number of nitro groups is 1. The molecule has 0 aliphatic rings. The topological polar surface area (TPSA) is 71.8 Å². The molecule has 4 aromatic rings. The molecule has 4 rings (SSSR count). The van der Waals surface area contributed by atoms with Gasteiger partial charge in [-0.2, -0.15) is 0 Å². The normalized spacial score (nSPS) is 11.0. The number of nitrogens with zero attached hydrogens (tertiary/aromatic N) is 2. The highest BCUT2D eigenvalue weighted by molar-refractivity contribution is 5.80. The number of hydrogen-bond acceptors (Lipinski definition) is 3. The lowest BCUT2D eigenvalue weighted by atomic mass is 10.1. The maximum absolute atomic E-state index is 10.8. The molecule has 136 valence electrons. The molecule has 1 heterocycles. The van der Waals surface area contributed by atoms with Crippen molar-refractivity contribution in [3.63, 3.8) is 0 Å². The van der Waals surface area contributed by atoms with Crippen LogP contribution in [0.25, 0.3) is 34.7 Å². The van der Waals surface area contributed by atoms with Gasteiger partial charge in [-0.3, -0.25) is 10.1 Å². The highest BCUT2D eigenvalue weighted by Gasteiger charge is 2.12. The summed E-state index contributed by atoms with van der Waals surface area (Å²) in [4.78, 5) is 18.5. The maximum Gasteiger partial charge on any atom is 0.269 e. The van der Waals surface area contributed by atoms with E-state index in [1.54, 1.807) is 12.1 Å². The van der Waals surface area contributed by atoms with Crippen LogP contribution in [0.3, 0.4) is 0 Å². The second-order valence-electron chi connectivity index (χ2n) is 6.26. The number of non-ortho nitro benzene ring substituents is 1. The number of imidazole rings is 1. The van der Waals surface area contributed by atoms with Crippen LogP contribution < -0.4 is 0 Å². The van der Waals surface area contributed by atoms with Gasteiger partial charge in [0.1, 0.15) is 5.82 Å². The minimum absolute atomic E-state index is 0.0767. The van der Waals surface area contributed by atoms with Crippen LogP contribution in [0.1, 0.15) is 11.4 Å². The van der Waals surface area contributed by atoms with Crippen LogP contribution in [0.2, 0.25) is 0 Å². The van der Waals surface area contributed by atoms with Gasteiger partial charge >= 0.3 is 0 Å². The Hall–Kier alpha value is -3.99. The van der Waals surface area contributed by atoms with Crippen LogP contribution >= 0.6 is 0 Å². The number of H-pyrrole nitrogens is 1. The van der Waals surface area contributed by atoms with E-state index in [9.17, 15) is 10.1 Å². The Labute approximate surface area is 162 Å². The number of rotatable bonds is 5. The SMILES string of the molecule is O=[N+]([O-])c1ccc(/C=C/c2nc(-c3ccccc3)c(-c3ccccc3)[nH]2)cc1. The molecule has 5 heteroatoms. The monoisotopic (exact) mass is 367 g/mol. The summed E-state index contributed by atoms with van der Waals surface area (Å²) in [5.41, 5.74) is 4.87. The molecule has 0 atom stereocenters. The summed E-state index contributed by atoms with van der Waals surface area (Å²) in [5, 5.41) is 10.8. The third-order valence-electron chi connectivity index (χ3n) is 4.37. The Morgan fingerprint density at radius 1 is 0.786 bits per heavy atom. The number of nitro benzene ring substituents is 1. The van der Waals surface area contributed by atoms with E-state index < -0.39 is 4.92 Å². The van der Waals surface area contributed by atoms with Gasteiger partial charge in [0.15, 0.2) is 0 Å². The van der Waals surface area contributed by atoms with Gasteiger partial charge < -0.3 is 4.98 Å². The second kappa shape index (κ2) is 7.72. The minimum atomic E-state index is -0.404. The zero-order valence-electron chi connectivity index (χ0n) is 14.9. The second-order valence-corrected chi connectivity index (χ2v) is 6.26. The molecule has 0 radical (unpaired) electrons. The summed E-state index contributed by atoms with van der Waals surface area (Å²) in [6.07, 6.45) is 3.76. The van der Waals surface area contributed by atoms with Gasteiger partial charge in [-0.25, -0.2) is 4.98 Å². The van der Waals surface area contributed by atoms with E-state index in [1.165, 1.54) is 12.1 Å². The first kappa shape index (κ1) is 17.4. The molecular formula is C23H17N3O2. The largest absolute Gasteiger partial charge is 0.338 e. The van der Waals surface area contributed by atoms with Crippen molar-refractivity contribution in [3.05, 3.63) is 106 Å². The molecule has 1 N–H and O–H groups in total. The molecule has 0 fully saturated rings. The van der Waals surface area contributed by atoms with Gasteiger partial charge in [0.05, 0.1) is 16.3 Å². The van der Waals surface area contributed by atoms with E-state index in [0.29, 0.717) is 0 Å². The molecule has 0 unspecified atom stereocenters. The van der Waals surface area contributed by atoms with E-state index in [-0.39, 0.29) is 5.69 Å². The summed E-state index contributed by atoms with van der Waals surface area (Å²) in [7, 11) is 0. The first-order valence-corrected chi connectivity index (χ1v) is 8.84. The Morgan fingerprint density at radius 3 is 2.00 bits per heavy atom. The molecular weight excluding hydrogens is 350 g/mol. The third kappa shape index (κ3) is 3.73. The van der Waals surface area contributed by atoms with Gasteiger partial charge in [-0.15, -0.1) is 0 Å². The van der Waals surface area contributed by atoms with E-state index in [2.05, 4.69) is 4.98 Å². The van der Waals surface area contributed by atoms with Crippen molar-refractivity contribution >= 4 is 17.8 Å². The van der Waals surface area contributed by atoms with E-state index in [0.717, 1.165) is 33.9 Å². The lowest BCUT2D eigenvalue weighted by molar-refractivity contribution is -0.384. The number of benzene rings is 3. The first-order chi connectivity index (χ1) is 13.7.